The average molecular weight is 296 g/mol. The van der Waals surface area contributed by atoms with Crippen LogP contribution in [0, 0.1) is 0 Å². The van der Waals surface area contributed by atoms with Gasteiger partial charge in [-0.2, -0.15) is 0 Å². The molecule has 2 saturated heterocycles. The van der Waals surface area contributed by atoms with E-state index in [4.69, 9.17) is 0 Å². The van der Waals surface area contributed by atoms with Crippen molar-refractivity contribution >= 4 is 19.9 Å². The van der Waals surface area contributed by atoms with Gasteiger partial charge in [0, 0.05) is 24.4 Å². The van der Waals surface area contributed by atoms with Gasteiger partial charge in [0.15, 0.2) is 0 Å². The molecule has 0 aromatic rings. The summed E-state index contributed by atoms with van der Waals surface area (Å²) in [6.07, 6.45) is 4.86. The quantitative estimate of drug-likeness (QED) is 0.695. The maximum Gasteiger partial charge on any atom is 0.212 e. The average Bonchev–Trinajstić information content (AvgIpc) is 2.54. The summed E-state index contributed by atoms with van der Waals surface area (Å²) in [5.74, 6) is -0.661. The zero-order valence-electron chi connectivity index (χ0n) is 10.4. The van der Waals surface area contributed by atoms with E-state index >= 15 is 0 Å². The minimum atomic E-state index is -3.49. The van der Waals surface area contributed by atoms with E-state index in [1.165, 1.54) is 0 Å². The molecule has 2 unspecified atom stereocenters. The summed E-state index contributed by atoms with van der Waals surface area (Å²) in [5.41, 5.74) is 0. The van der Waals surface area contributed by atoms with Crippen molar-refractivity contribution in [3.63, 3.8) is 0 Å². The van der Waals surface area contributed by atoms with Gasteiger partial charge in [0.05, 0.1) is 11.5 Å². The lowest BCUT2D eigenvalue weighted by Crippen LogP contribution is -2.48. The monoisotopic (exact) mass is 296 g/mol. The van der Waals surface area contributed by atoms with E-state index in [1.807, 2.05) is 0 Å². The van der Waals surface area contributed by atoms with Crippen LogP contribution < -0.4 is 10.0 Å². The first-order chi connectivity index (χ1) is 8.23. The summed E-state index contributed by atoms with van der Waals surface area (Å²) in [7, 11) is -6.73. The van der Waals surface area contributed by atoms with E-state index in [1.54, 1.807) is 0 Å². The number of sulfonamides is 1. The van der Waals surface area contributed by atoms with Crippen molar-refractivity contribution in [3.05, 3.63) is 0 Å². The van der Waals surface area contributed by atoms with Crippen LogP contribution in [0.15, 0.2) is 0 Å². The highest BCUT2D eigenvalue weighted by atomic mass is 32.2. The molecule has 106 valence electrons. The fraction of sp³-hybridized carbons (Fsp3) is 1.00. The Morgan fingerprint density at radius 2 is 1.61 bits per heavy atom. The summed E-state index contributed by atoms with van der Waals surface area (Å²) >= 11 is 0. The van der Waals surface area contributed by atoms with Crippen molar-refractivity contribution < 1.29 is 16.8 Å². The zero-order valence-corrected chi connectivity index (χ0v) is 12.1. The Balaban J connectivity index is 1.88. The summed E-state index contributed by atoms with van der Waals surface area (Å²) in [6, 6.07) is 0.769. The van der Waals surface area contributed by atoms with Crippen molar-refractivity contribution in [1.82, 2.24) is 10.0 Å². The van der Waals surface area contributed by atoms with E-state index in [9.17, 15) is 16.8 Å². The van der Waals surface area contributed by atoms with Crippen LogP contribution in [0.2, 0.25) is 0 Å². The van der Waals surface area contributed by atoms with Gasteiger partial charge in [-0.05, 0) is 25.7 Å². The molecule has 0 aliphatic carbocycles. The predicted molar refractivity (Wildman–Crippen MR) is 69.6 cm³/mol. The number of hydrogen-bond donors (Lipinski definition) is 2. The molecule has 0 spiro atoms. The number of piperidine rings is 1. The van der Waals surface area contributed by atoms with E-state index in [-0.39, 0.29) is 17.5 Å². The van der Waals surface area contributed by atoms with Crippen molar-refractivity contribution in [1.29, 1.82) is 0 Å². The number of hydrogen-bond acceptors (Lipinski definition) is 5. The van der Waals surface area contributed by atoms with Gasteiger partial charge in [0.2, 0.25) is 10.0 Å². The molecule has 2 aliphatic rings. The van der Waals surface area contributed by atoms with Crippen molar-refractivity contribution in [2.75, 3.05) is 17.8 Å². The Labute approximate surface area is 108 Å². The van der Waals surface area contributed by atoms with Crippen LogP contribution in [-0.2, 0) is 19.9 Å². The molecule has 2 N–H and O–H groups in total. The topological polar surface area (TPSA) is 92.3 Å². The van der Waals surface area contributed by atoms with Crippen LogP contribution in [0.5, 0.6) is 0 Å². The second-order valence-corrected chi connectivity index (χ2v) is 9.51. The van der Waals surface area contributed by atoms with Crippen LogP contribution in [-0.4, -0.2) is 52.7 Å². The van der Waals surface area contributed by atoms with E-state index in [0.717, 1.165) is 31.9 Å². The van der Waals surface area contributed by atoms with Crippen molar-refractivity contribution in [2.45, 2.75) is 43.8 Å². The van der Waals surface area contributed by atoms with Crippen molar-refractivity contribution in [2.24, 2.45) is 0 Å². The van der Waals surface area contributed by atoms with Gasteiger partial charge in [0.1, 0.15) is 9.84 Å². The number of nitrogens with one attached hydrogen (secondary N) is 2. The molecule has 18 heavy (non-hydrogen) atoms. The highest BCUT2D eigenvalue weighted by molar-refractivity contribution is 7.93. The lowest BCUT2D eigenvalue weighted by Gasteiger charge is -2.29. The van der Waals surface area contributed by atoms with Gasteiger partial charge >= 0.3 is 0 Å². The van der Waals surface area contributed by atoms with Crippen LogP contribution in [0.4, 0.5) is 0 Å². The Morgan fingerprint density at radius 1 is 1.06 bits per heavy atom. The fourth-order valence-corrected chi connectivity index (χ4v) is 5.63. The standard InChI is InChI=1S/C10H20N2O4S2/c1-17(13,14)4-5-18(15,16)12-10-6-8-2-3-9(7-10)11-8/h8-12H,2-7H2,1H3. The normalized spacial score (nSPS) is 32.6. The molecular formula is C10H20N2O4S2. The van der Waals surface area contributed by atoms with Gasteiger partial charge in [-0.3, -0.25) is 0 Å². The lowest BCUT2D eigenvalue weighted by molar-refractivity contribution is 0.345. The molecule has 0 radical (unpaired) electrons. The van der Waals surface area contributed by atoms with Gasteiger partial charge in [-0.1, -0.05) is 0 Å². The smallest absolute Gasteiger partial charge is 0.212 e. The summed E-state index contributed by atoms with van der Waals surface area (Å²) < 4.78 is 48.2. The molecule has 2 aliphatic heterocycles. The van der Waals surface area contributed by atoms with Crippen LogP contribution >= 0.6 is 0 Å². The van der Waals surface area contributed by atoms with Gasteiger partial charge in [-0.15, -0.1) is 0 Å². The SMILES string of the molecule is CS(=O)(=O)CCS(=O)(=O)NC1CC2CCC(C1)N2. The Morgan fingerprint density at radius 3 is 2.11 bits per heavy atom. The minimum absolute atomic E-state index is 0.0479. The largest absolute Gasteiger partial charge is 0.311 e. The molecule has 0 saturated carbocycles. The molecule has 2 atom stereocenters. The number of sulfone groups is 1. The fourth-order valence-electron chi connectivity index (χ4n) is 2.73. The molecule has 2 heterocycles. The third-order valence-corrected chi connectivity index (χ3v) is 6.18. The predicted octanol–water partition coefficient (Wildman–Crippen LogP) is -0.767. The van der Waals surface area contributed by atoms with Gasteiger partial charge in [0.25, 0.3) is 0 Å². The van der Waals surface area contributed by atoms with E-state index < -0.39 is 19.9 Å². The molecule has 6 nitrogen and oxygen atoms in total. The zero-order chi connectivity index (χ0) is 13.4. The number of rotatable bonds is 5. The summed E-state index contributed by atoms with van der Waals surface area (Å²) in [4.78, 5) is 0. The third kappa shape index (κ3) is 4.18. The second kappa shape index (κ2) is 5.07. The minimum Gasteiger partial charge on any atom is -0.311 e. The van der Waals surface area contributed by atoms with E-state index in [0.29, 0.717) is 12.1 Å². The van der Waals surface area contributed by atoms with Crippen molar-refractivity contribution in [3.8, 4) is 0 Å². The highest BCUT2D eigenvalue weighted by Gasteiger charge is 2.35. The van der Waals surface area contributed by atoms with Crippen LogP contribution in [0.3, 0.4) is 0 Å². The second-order valence-electron chi connectivity index (χ2n) is 5.37. The van der Waals surface area contributed by atoms with Crippen LogP contribution in [0.1, 0.15) is 25.7 Å². The van der Waals surface area contributed by atoms with E-state index in [2.05, 4.69) is 10.0 Å². The summed E-state index contributed by atoms with van der Waals surface area (Å²) in [5, 5.41) is 3.43. The highest BCUT2D eigenvalue weighted by Crippen LogP contribution is 2.27. The first kappa shape index (κ1) is 14.2. The van der Waals surface area contributed by atoms with Gasteiger partial charge < -0.3 is 5.32 Å². The Kier molecular flexibility index (Phi) is 4.01. The Hall–Kier alpha value is -0.180. The molecule has 0 amide bonds. The summed E-state index contributed by atoms with van der Waals surface area (Å²) in [6.45, 7) is 0. The Bertz CT molecular complexity index is 488. The van der Waals surface area contributed by atoms with Crippen LogP contribution in [0.25, 0.3) is 0 Å². The molecule has 8 heteroatoms. The number of fused-ring (bicyclic) bond motifs is 2. The maximum absolute atomic E-state index is 11.8. The first-order valence-electron chi connectivity index (χ1n) is 6.17. The molecule has 0 aromatic heterocycles. The first-order valence-corrected chi connectivity index (χ1v) is 9.88. The lowest BCUT2D eigenvalue weighted by atomic mass is 10.0. The molecule has 2 fully saturated rings. The third-order valence-electron chi connectivity index (χ3n) is 3.54. The van der Waals surface area contributed by atoms with Gasteiger partial charge in [-0.25, -0.2) is 21.6 Å². The molecular weight excluding hydrogens is 276 g/mol. The maximum atomic E-state index is 11.8. The molecule has 0 aromatic carbocycles. The molecule has 2 rings (SSSR count). The molecule has 2 bridgehead atoms.